The van der Waals surface area contributed by atoms with Crippen molar-refractivity contribution >= 4 is 0 Å². The predicted molar refractivity (Wildman–Crippen MR) is 75.0 cm³/mol. The highest BCUT2D eigenvalue weighted by atomic mass is 16.5. The molecule has 3 rings (SSSR count). The average Bonchev–Trinajstić information content (AvgIpc) is 3.21. The lowest BCUT2D eigenvalue weighted by Gasteiger charge is -2.11. The van der Waals surface area contributed by atoms with E-state index in [2.05, 4.69) is 10.2 Å². The van der Waals surface area contributed by atoms with Crippen LogP contribution in [0.25, 0.3) is 11.5 Å². The third-order valence-electron chi connectivity index (χ3n) is 3.29. The van der Waals surface area contributed by atoms with Crippen LogP contribution in [-0.2, 0) is 9.47 Å². The molecule has 2 aromatic rings. The van der Waals surface area contributed by atoms with Gasteiger partial charge in [0.15, 0.2) is 0 Å². The molecule has 1 aliphatic rings. The molecule has 112 valence electrons. The highest BCUT2D eigenvalue weighted by molar-refractivity contribution is 5.53. The number of hydrogen-bond donors (Lipinski definition) is 0. The zero-order valence-electron chi connectivity index (χ0n) is 11.7. The van der Waals surface area contributed by atoms with Crippen molar-refractivity contribution < 1.29 is 18.6 Å². The van der Waals surface area contributed by atoms with Crippen molar-refractivity contribution in [2.75, 3.05) is 26.4 Å². The Kier molecular flexibility index (Phi) is 4.81. The van der Waals surface area contributed by atoms with Gasteiger partial charge in [-0.2, -0.15) is 0 Å². The zero-order chi connectivity index (χ0) is 14.3. The van der Waals surface area contributed by atoms with Gasteiger partial charge < -0.3 is 18.6 Å². The monoisotopic (exact) mass is 290 g/mol. The molecule has 1 aromatic carbocycles. The van der Waals surface area contributed by atoms with Crippen molar-refractivity contribution in [1.82, 2.24) is 10.2 Å². The summed E-state index contributed by atoms with van der Waals surface area (Å²) in [5, 5.41) is 7.50. The van der Waals surface area contributed by atoms with Gasteiger partial charge in [-0.15, -0.1) is 10.2 Å². The van der Waals surface area contributed by atoms with E-state index in [1.165, 1.54) is 6.39 Å². The van der Waals surface area contributed by atoms with Gasteiger partial charge in [-0.3, -0.25) is 0 Å². The largest absolute Gasteiger partial charge is 0.491 e. The number of ether oxygens (including phenoxy) is 3. The van der Waals surface area contributed by atoms with E-state index in [1.807, 2.05) is 24.3 Å². The molecule has 1 saturated heterocycles. The summed E-state index contributed by atoms with van der Waals surface area (Å²) in [5.74, 6) is 1.29. The van der Waals surface area contributed by atoms with Crippen LogP contribution in [0.5, 0.6) is 5.75 Å². The minimum atomic E-state index is 0.263. The van der Waals surface area contributed by atoms with Crippen molar-refractivity contribution in [1.29, 1.82) is 0 Å². The Labute approximate surface area is 123 Å². The van der Waals surface area contributed by atoms with Crippen molar-refractivity contribution in [3.63, 3.8) is 0 Å². The minimum Gasteiger partial charge on any atom is -0.491 e. The fourth-order valence-corrected chi connectivity index (χ4v) is 2.20. The van der Waals surface area contributed by atoms with E-state index >= 15 is 0 Å². The Morgan fingerprint density at radius 3 is 2.81 bits per heavy atom. The maximum atomic E-state index is 5.61. The number of rotatable bonds is 7. The number of hydrogen-bond acceptors (Lipinski definition) is 6. The maximum absolute atomic E-state index is 5.61. The van der Waals surface area contributed by atoms with Crippen LogP contribution in [0.2, 0.25) is 0 Å². The second-order valence-corrected chi connectivity index (χ2v) is 4.83. The van der Waals surface area contributed by atoms with Crippen molar-refractivity contribution in [3.8, 4) is 17.2 Å². The molecular formula is C15H18N2O4. The Hall–Kier alpha value is -1.92. The highest BCUT2D eigenvalue weighted by Crippen LogP contribution is 2.20. The summed E-state index contributed by atoms with van der Waals surface area (Å²) in [7, 11) is 0. The van der Waals surface area contributed by atoms with Gasteiger partial charge in [0, 0.05) is 12.2 Å². The SMILES string of the molecule is c1nnc(-c2ccc(OCCOCC3CCCO3)cc2)o1. The summed E-state index contributed by atoms with van der Waals surface area (Å²) < 4.78 is 21.8. The second-order valence-electron chi connectivity index (χ2n) is 4.83. The maximum Gasteiger partial charge on any atom is 0.247 e. The zero-order valence-corrected chi connectivity index (χ0v) is 11.7. The topological polar surface area (TPSA) is 66.6 Å². The lowest BCUT2D eigenvalue weighted by molar-refractivity contribution is 0.00853. The molecule has 0 saturated carbocycles. The van der Waals surface area contributed by atoms with Crippen LogP contribution in [0, 0.1) is 0 Å². The first-order valence-electron chi connectivity index (χ1n) is 7.10. The molecule has 1 unspecified atom stereocenters. The van der Waals surface area contributed by atoms with Gasteiger partial charge in [0.25, 0.3) is 0 Å². The van der Waals surface area contributed by atoms with Gasteiger partial charge in [-0.25, -0.2) is 0 Å². The quantitative estimate of drug-likeness (QED) is 0.729. The molecule has 0 amide bonds. The molecule has 1 fully saturated rings. The molecule has 2 heterocycles. The Balaban J connectivity index is 1.37. The number of aromatic nitrogens is 2. The van der Waals surface area contributed by atoms with Crippen LogP contribution in [-0.4, -0.2) is 42.7 Å². The van der Waals surface area contributed by atoms with Crippen LogP contribution in [0.4, 0.5) is 0 Å². The normalized spacial score (nSPS) is 18.0. The van der Waals surface area contributed by atoms with E-state index in [1.54, 1.807) is 0 Å². The van der Waals surface area contributed by atoms with Gasteiger partial charge in [0.1, 0.15) is 12.4 Å². The first-order valence-corrected chi connectivity index (χ1v) is 7.10. The van der Waals surface area contributed by atoms with Gasteiger partial charge in [-0.05, 0) is 37.1 Å². The van der Waals surface area contributed by atoms with E-state index in [9.17, 15) is 0 Å². The van der Waals surface area contributed by atoms with E-state index in [4.69, 9.17) is 18.6 Å². The predicted octanol–water partition coefficient (Wildman–Crippen LogP) is 2.31. The van der Waals surface area contributed by atoms with Crippen LogP contribution >= 0.6 is 0 Å². The summed E-state index contributed by atoms with van der Waals surface area (Å²) in [6.45, 7) is 2.59. The molecule has 6 heteroatoms. The standard InChI is InChI=1S/C15H18N2O4/c1-2-14(19-7-1)10-18-8-9-20-13-5-3-12(4-6-13)15-17-16-11-21-15/h3-6,11,14H,1-2,7-10H2. The summed E-state index contributed by atoms with van der Waals surface area (Å²) in [4.78, 5) is 0. The molecule has 0 N–H and O–H groups in total. The number of nitrogens with zero attached hydrogens (tertiary/aromatic N) is 2. The average molecular weight is 290 g/mol. The van der Waals surface area contributed by atoms with Crippen LogP contribution in [0.15, 0.2) is 35.1 Å². The van der Waals surface area contributed by atoms with E-state index in [0.29, 0.717) is 25.7 Å². The van der Waals surface area contributed by atoms with Crippen molar-refractivity contribution in [2.45, 2.75) is 18.9 Å². The van der Waals surface area contributed by atoms with Crippen LogP contribution in [0.1, 0.15) is 12.8 Å². The summed E-state index contributed by atoms with van der Waals surface area (Å²) in [6.07, 6.45) is 3.80. The van der Waals surface area contributed by atoms with E-state index < -0.39 is 0 Å². The summed E-state index contributed by atoms with van der Waals surface area (Å²) >= 11 is 0. The number of benzene rings is 1. The lowest BCUT2D eigenvalue weighted by atomic mass is 10.2. The third kappa shape index (κ3) is 4.03. The fraction of sp³-hybridized carbons (Fsp3) is 0.467. The highest BCUT2D eigenvalue weighted by Gasteiger charge is 2.14. The van der Waals surface area contributed by atoms with Gasteiger partial charge in [0.05, 0.1) is 19.3 Å². The summed E-state index contributed by atoms with van der Waals surface area (Å²) in [5.41, 5.74) is 0.870. The van der Waals surface area contributed by atoms with Gasteiger partial charge in [-0.1, -0.05) is 0 Å². The summed E-state index contributed by atoms with van der Waals surface area (Å²) in [6, 6.07) is 7.52. The molecule has 21 heavy (non-hydrogen) atoms. The molecule has 0 bridgehead atoms. The van der Waals surface area contributed by atoms with Crippen molar-refractivity contribution in [2.24, 2.45) is 0 Å². The molecule has 0 radical (unpaired) electrons. The second kappa shape index (κ2) is 7.19. The third-order valence-corrected chi connectivity index (χ3v) is 3.29. The Morgan fingerprint density at radius 1 is 1.19 bits per heavy atom. The molecule has 1 aromatic heterocycles. The first kappa shape index (κ1) is 14.0. The smallest absolute Gasteiger partial charge is 0.247 e. The molecule has 0 aliphatic carbocycles. The van der Waals surface area contributed by atoms with Crippen molar-refractivity contribution in [3.05, 3.63) is 30.7 Å². The Bertz CT molecular complexity index is 521. The van der Waals surface area contributed by atoms with E-state index in [-0.39, 0.29) is 6.10 Å². The van der Waals surface area contributed by atoms with Crippen LogP contribution in [0.3, 0.4) is 0 Å². The molecular weight excluding hydrogens is 272 g/mol. The fourth-order valence-electron chi connectivity index (χ4n) is 2.20. The molecule has 1 atom stereocenters. The first-order chi connectivity index (χ1) is 10.4. The molecule has 1 aliphatic heterocycles. The molecule has 0 spiro atoms. The van der Waals surface area contributed by atoms with Gasteiger partial charge in [0.2, 0.25) is 12.3 Å². The molecule has 6 nitrogen and oxygen atoms in total. The van der Waals surface area contributed by atoms with Gasteiger partial charge >= 0.3 is 0 Å². The minimum absolute atomic E-state index is 0.263. The Morgan fingerprint density at radius 2 is 2.10 bits per heavy atom. The van der Waals surface area contributed by atoms with Crippen LogP contribution < -0.4 is 4.74 Å². The lowest BCUT2D eigenvalue weighted by Crippen LogP contribution is -2.17. The van der Waals surface area contributed by atoms with E-state index in [0.717, 1.165) is 30.8 Å².